The minimum atomic E-state index is -0.381. The van der Waals surface area contributed by atoms with Gasteiger partial charge in [-0.25, -0.2) is 4.39 Å². The number of halogens is 1. The first-order valence-electron chi connectivity index (χ1n) is 6.03. The topological polar surface area (TPSA) is 58.7 Å². The highest BCUT2D eigenvalue weighted by atomic mass is 32.2. The van der Waals surface area contributed by atoms with Crippen LogP contribution < -0.4 is 5.56 Å². The van der Waals surface area contributed by atoms with Gasteiger partial charge >= 0.3 is 0 Å². The normalized spacial score (nSPS) is 10.2. The Bertz CT molecular complexity index is 721. The maximum absolute atomic E-state index is 13.2. The second-order valence-electron chi connectivity index (χ2n) is 4.04. The van der Waals surface area contributed by atoms with E-state index in [2.05, 4.69) is 4.98 Å². The van der Waals surface area contributed by atoms with Crippen molar-refractivity contribution in [3.05, 3.63) is 57.8 Å². The number of rotatable bonds is 4. The molecule has 102 valence electrons. The molecule has 1 heterocycles. The van der Waals surface area contributed by atoms with Gasteiger partial charge in [0.2, 0.25) is 0 Å². The number of nitriles is 1. The van der Waals surface area contributed by atoms with Gasteiger partial charge in [0.05, 0.1) is 11.6 Å². The molecule has 2 aromatic rings. The Morgan fingerprint density at radius 2 is 2.25 bits per heavy atom. The Kier molecular flexibility index (Phi) is 4.53. The van der Waals surface area contributed by atoms with Gasteiger partial charge in [0.15, 0.2) is 5.16 Å². The lowest BCUT2D eigenvalue weighted by molar-refractivity contribution is 0.626. The predicted molar refractivity (Wildman–Crippen MR) is 74.8 cm³/mol. The molecular formula is C14H12FN3OS. The summed E-state index contributed by atoms with van der Waals surface area (Å²) in [5.41, 5.74) is 0.718. The summed E-state index contributed by atoms with van der Waals surface area (Å²) < 4.78 is 15.1. The Balaban J connectivity index is 2.25. The van der Waals surface area contributed by atoms with Crippen molar-refractivity contribution in [2.75, 3.05) is 0 Å². The van der Waals surface area contributed by atoms with Crippen molar-refractivity contribution in [3.8, 4) is 6.07 Å². The van der Waals surface area contributed by atoms with Gasteiger partial charge in [-0.2, -0.15) is 10.2 Å². The van der Waals surface area contributed by atoms with E-state index in [1.807, 2.05) is 17.6 Å². The summed E-state index contributed by atoms with van der Waals surface area (Å²) in [6.07, 6.45) is 1.68. The fraction of sp³-hybridized carbons (Fsp3) is 0.214. The first-order chi connectivity index (χ1) is 9.63. The van der Waals surface area contributed by atoms with Crippen LogP contribution in [0, 0.1) is 17.1 Å². The molecule has 4 nitrogen and oxygen atoms in total. The molecule has 0 saturated carbocycles. The minimum absolute atomic E-state index is 0.308. The van der Waals surface area contributed by atoms with Crippen LogP contribution in [0.25, 0.3) is 0 Å². The van der Waals surface area contributed by atoms with Gasteiger partial charge in [-0.05, 0) is 30.7 Å². The van der Waals surface area contributed by atoms with Crippen molar-refractivity contribution in [1.82, 2.24) is 9.55 Å². The third-order valence-electron chi connectivity index (χ3n) is 2.73. The Morgan fingerprint density at radius 1 is 1.45 bits per heavy atom. The van der Waals surface area contributed by atoms with Crippen LogP contribution in [0.15, 0.2) is 40.4 Å². The number of hydrogen-bond donors (Lipinski definition) is 0. The standard InChI is InChI=1S/C14H12FN3OS/c1-2-18-6-5-13(19)17-14(18)20-9-11-7-12(15)4-3-10(11)8-16/h3-7H,2,9H2,1H3. The van der Waals surface area contributed by atoms with Crippen LogP contribution in [0.1, 0.15) is 18.1 Å². The molecule has 0 aliphatic rings. The van der Waals surface area contributed by atoms with Crippen LogP contribution in [0.2, 0.25) is 0 Å². The van der Waals surface area contributed by atoms with E-state index in [1.165, 1.54) is 36.0 Å². The zero-order valence-electron chi connectivity index (χ0n) is 10.8. The average Bonchev–Trinajstić information content (AvgIpc) is 2.45. The number of benzene rings is 1. The van der Waals surface area contributed by atoms with E-state index in [9.17, 15) is 9.18 Å². The number of aromatic nitrogens is 2. The van der Waals surface area contributed by atoms with Gasteiger partial charge in [-0.1, -0.05) is 11.8 Å². The molecule has 0 unspecified atom stereocenters. The van der Waals surface area contributed by atoms with Gasteiger partial charge < -0.3 is 4.57 Å². The summed E-state index contributed by atoms with van der Waals surface area (Å²) in [4.78, 5) is 15.2. The highest BCUT2D eigenvalue weighted by molar-refractivity contribution is 7.98. The summed E-state index contributed by atoms with van der Waals surface area (Å²) in [6.45, 7) is 2.63. The lowest BCUT2D eigenvalue weighted by Crippen LogP contribution is -2.12. The van der Waals surface area contributed by atoms with Crippen LogP contribution in [0.3, 0.4) is 0 Å². The zero-order chi connectivity index (χ0) is 14.5. The Hall–Kier alpha value is -2.13. The van der Waals surface area contributed by atoms with Crippen LogP contribution in [0.5, 0.6) is 0 Å². The number of aryl methyl sites for hydroxylation is 1. The van der Waals surface area contributed by atoms with Crippen LogP contribution >= 0.6 is 11.8 Å². The fourth-order valence-electron chi connectivity index (χ4n) is 1.70. The van der Waals surface area contributed by atoms with Gasteiger partial charge in [0.25, 0.3) is 5.56 Å². The van der Waals surface area contributed by atoms with E-state index >= 15 is 0 Å². The van der Waals surface area contributed by atoms with Crippen LogP contribution in [-0.2, 0) is 12.3 Å². The van der Waals surface area contributed by atoms with Crippen molar-refractivity contribution in [1.29, 1.82) is 5.26 Å². The molecule has 0 saturated heterocycles. The lowest BCUT2D eigenvalue weighted by Gasteiger charge is -2.09. The second-order valence-corrected chi connectivity index (χ2v) is 4.98. The van der Waals surface area contributed by atoms with Gasteiger partial charge in [0, 0.05) is 24.6 Å². The summed E-state index contributed by atoms with van der Waals surface area (Å²) >= 11 is 1.31. The van der Waals surface area contributed by atoms with Gasteiger partial charge in [0.1, 0.15) is 5.82 Å². The number of nitrogens with zero attached hydrogens (tertiary/aromatic N) is 3. The molecule has 0 bridgehead atoms. The molecule has 1 aromatic heterocycles. The first-order valence-corrected chi connectivity index (χ1v) is 7.01. The van der Waals surface area contributed by atoms with Crippen molar-refractivity contribution >= 4 is 11.8 Å². The molecule has 0 N–H and O–H groups in total. The molecule has 0 spiro atoms. The summed E-state index contributed by atoms with van der Waals surface area (Å²) in [6, 6.07) is 7.48. The maximum Gasteiger partial charge on any atom is 0.273 e. The summed E-state index contributed by atoms with van der Waals surface area (Å²) in [5.74, 6) is 0.00500. The molecule has 0 atom stereocenters. The highest BCUT2D eigenvalue weighted by Gasteiger charge is 2.08. The molecule has 0 radical (unpaired) electrons. The maximum atomic E-state index is 13.2. The zero-order valence-corrected chi connectivity index (χ0v) is 11.7. The Labute approximate surface area is 119 Å². The smallest absolute Gasteiger partial charge is 0.273 e. The highest BCUT2D eigenvalue weighted by Crippen LogP contribution is 2.22. The first kappa shape index (κ1) is 14.3. The van der Waals surface area contributed by atoms with Crippen LogP contribution in [-0.4, -0.2) is 9.55 Å². The molecule has 2 rings (SSSR count). The fourth-order valence-corrected chi connectivity index (χ4v) is 2.74. The monoisotopic (exact) mass is 289 g/mol. The van der Waals surface area contributed by atoms with Crippen molar-refractivity contribution in [2.45, 2.75) is 24.4 Å². The van der Waals surface area contributed by atoms with E-state index in [-0.39, 0.29) is 11.4 Å². The van der Waals surface area contributed by atoms with Gasteiger partial charge in [-0.15, -0.1) is 0 Å². The molecule has 0 amide bonds. The molecule has 0 fully saturated rings. The molecule has 20 heavy (non-hydrogen) atoms. The van der Waals surface area contributed by atoms with E-state index < -0.39 is 0 Å². The van der Waals surface area contributed by atoms with E-state index in [0.29, 0.717) is 28.6 Å². The second kappa shape index (κ2) is 6.35. The van der Waals surface area contributed by atoms with E-state index in [4.69, 9.17) is 5.26 Å². The lowest BCUT2D eigenvalue weighted by atomic mass is 10.1. The third kappa shape index (κ3) is 3.25. The van der Waals surface area contributed by atoms with E-state index in [1.54, 1.807) is 6.20 Å². The summed E-state index contributed by atoms with van der Waals surface area (Å²) in [7, 11) is 0. The van der Waals surface area contributed by atoms with Crippen LogP contribution in [0.4, 0.5) is 4.39 Å². The molecule has 1 aromatic carbocycles. The third-order valence-corrected chi connectivity index (χ3v) is 3.77. The Morgan fingerprint density at radius 3 is 2.95 bits per heavy atom. The molecular weight excluding hydrogens is 277 g/mol. The quantitative estimate of drug-likeness (QED) is 0.641. The van der Waals surface area contributed by atoms with Gasteiger partial charge in [-0.3, -0.25) is 4.79 Å². The molecule has 0 aliphatic heterocycles. The predicted octanol–water partition coefficient (Wildman–Crippen LogP) is 2.57. The molecule has 0 aliphatic carbocycles. The SMILES string of the molecule is CCn1ccc(=O)nc1SCc1cc(F)ccc1C#N. The summed E-state index contributed by atoms with van der Waals surface area (Å²) in [5, 5.41) is 9.56. The van der Waals surface area contributed by atoms with Crippen molar-refractivity contribution in [3.63, 3.8) is 0 Å². The number of thioether (sulfide) groups is 1. The van der Waals surface area contributed by atoms with E-state index in [0.717, 1.165) is 0 Å². The largest absolute Gasteiger partial charge is 0.328 e. The molecule has 6 heteroatoms. The minimum Gasteiger partial charge on any atom is -0.328 e. The average molecular weight is 289 g/mol. The number of hydrogen-bond acceptors (Lipinski definition) is 4. The van der Waals surface area contributed by atoms with Crippen molar-refractivity contribution in [2.24, 2.45) is 0 Å². The van der Waals surface area contributed by atoms with Crippen molar-refractivity contribution < 1.29 is 4.39 Å².